The van der Waals surface area contributed by atoms with E-state index >= 15 is 0 Å². The van der Waals surface area contributed by atoms with Crippen molar-refractivity contribution >= 4 is 25.8 Å². The first-order chi connectivity index (χ1) is 8.18. The van der Waals surface area contributed by atoms with E-state index in [0.29, 0.717) is 6.42 Å². The smallest absolute Gasteiger partial charge is 0.296 e. The van der Waals surface area contributed by atoms with Crippen molar-refractivity contribution in [2.75, 3.05) is 12.3 Å². The number of nitrogens with two attached hydrogens (primary N) is 1. The molecule has 0 radical (unpaired) electrons. The van der Waals surface area contributed by atoms with E-state index < -0.39 is 25.0 Å². The molecule has 0 aliphatic heterocycles. The molecule has 1 aromatic rings. The number of hydrogen-bond donors (Lipinski definition) is 3. The van der Waals surface area contributed by atoms with Gasteiger partial charge in [0.05, 0.1) is 10.6 Å². The summed E-state index contributed by atoms with van der Waals surface area (Å²) in [5.41, 5.74) is 5.08. The van der Waals surface area contributed by atoms with Gasteiger partial charge in [-0.2, -0.15) is 8.42 Å². The lowest BCUT2D eigenvalue weighted by Gasteiger charge is -2.08. The maximum atomic E-state index is 11.7. The lowest BCUT2D eigenvalue weighted by Crippen LogP contribution is -2.24. The van der Waals surface area contributed by atoms with Crippen LogP contribution in [0.5, 0.6) is 0 Å². The zero-order chi connectivity index (χ0) is 14.0. The number of sulfonamides is 1. The van der Waals surface area contributed by atoms with E-state index in [2.05, 4.69) is 4.72 Å². The van der Waals surface area contributed by atoms with Crippen LogP contribution < -0.4 is 10.5 Å². The molecule has 0 spiro atoms. The van der Waals surface area contributed by atoms with Crippen LogP contribution in [0.1, 0.15) is 13.3 Å². The van der Waals surface area contributed by atoms with Gasteiger partial charge < -0.3 is 5.73 Å². The first-order valence-electron chi connectivity index (χ1n) is 5.05. The third-order valence-electron chi connectivity index (χ3n) is 2.11. The van der Waals surface area contributed by atoms with Gasteiger partial charge in [0.1, 0.15) is 4.90 Å². The molecule has 0 aromatic heterocycles. The van der Waals surface area contributed by atoms with Crippen molar-refractivity contribution in [3.05, 3.63) is 18.2 Å². The summed E-state index contributed by atoms with van der Waals surface area (Å²) in [5.74, 6) is 0. The van der Waals surface area contributed by atoms with E-state index in [1.54, 1.807) is 6.92 Å². The quantitative estimate of drug-likeness (QED) is 0.526. The molecule has 0 atom stereocenters. The molecule has 0 amide bonds. The Labute approximate surface area is 106 Å². The molecule has 0 unspecified atom stereocenters. The molecule has 7 nitrogen and oxygen atoms in total. The monoisotopic (exact) mass is 294 g/mol. The summed E-state index contributed by atoms with van der Waals surface area (Å²) in [6.07, 6.45) is 0.623. The second-order valence-corrected chi connectivity index (χ2v) is 6.73. The number of anilines is 1. The topological polar surface area (TPSA) is 127 Å². The van der Waals surface area contributed by atoms with Crippen LogP contribution in [0, 0.1) is 0 Å². The predicted octanol–water partition coefficient (Wildman–Crippen LogP) is 0.204. The first-order valence-corrected chi connectivity index (χ1v) is 7.97. The first kappa shape index (κ1) is 14.9. The van der Waals surface area contributed by atoms with Crippen molar-refractivity contribution in [2.24, 2.45) is 0 Å². The van der Waals surface area contributed by atoms with Gasteiger partial charge in [0.2, 0.25) is 10.0 Å². The molecule has 0 fully saturated rings. The minimum atomic E-state index is -4.45. The van der Waals surface area contributed by atoms with E-state index in [1.807, 2.05) is 0 Å². The van der Waals surface area contributed by atoms with E-state index in [1.165, 1.54) is 0 Å². The largest absolute Gasteiger partial charge is 0.398 e. The van der Waals surface area contributed by atoms with Gasteiger partial charge in [-0.15, -0.1) is 0 Å². The van der Waals surface area contributed by atoms with Crippen LogP contribution >= 0.6 is 0 Å². The fourth-order valence-corrected chi connectivity index (χ4v) is 3.01. The fraction of sp³-hybridized carbons (Fsp3) is 0.333. The summed E-state index contributed by atoms with van der Waals surface area (Å²) in [7, 11) is -8.17. The normalized spacial score (nSPS) is 12.6. The van der Waals surface area contributed by atoms with Gasteiger partial charge in [0.25, 0.3) is 10.1 Å². The van der Waals surface area contributed by atoms with E-state index in [4.69, 9.17) is 10.3 Å². The average molecular weight is 294 g/mol. The molecule has 0 aliphatic rings. The molecule has 0 aliphatic carbocycles. The highest BCUT2D eigenvalue weighted by molar-refractivity contribution is 7.89. The van der Waals surface area contributed by atoms with E-state index in [-0.39, 0.29) is 17.1 Å². The van der Waals surface area contributed by atoms with E-state index in [9.17, 15) is 16.8 Å². The Bertz CT molecular complexity index is 637. The van der Waals surface area contributed by atoms with E-state index in [0.717, 1.165) is 18.2 Å². The summed E-state index contributed by atoms with van der Waals surface area (Å²) >= 11 is 0. The third-order valence-corrected chi connectivity index (χ3v) is 4.50. The van der Waals surface area contributed by atoms with Crippen molar-refractivity contribution in [2.45, 2.75) is 23.1 Å². The number of benzene rings is 1. The molecule has 0 saturated carbocycles. The summed E-state index contributed by atoms with van der Waals surface area (Å²) in [6, 6.07) is 3.00. The Morgan fingerprint density at radius 1 is 1.28 bits per heavy atom. The molecule has 18 heavy (non-hydrogen) atoms. The molecular formula is C9H14N2O5S2. The lowest BCUT2D eigenvalue weighted by atomic mass is 10.3. The Hall–Kier alpha value is -1.16. The number of nitrogen functional groups attached to an aromatic ring is 1. The molecule has 4 N–H and O–H groups in total. The molecule has 102 valence electrons. The summed E-state index contributed by atoms with van der Waals surface area (Å²) < 4.78 is 56.4. The van der Waals surface area contributed by atoms with Crippen LogP contribution in [-0.4, -0.2) is 27.9 Å². The molecule has 9 heteroatoms. The molecule has 1 rings (SSSR count). The van der Waals surface area contributed by atoms with Gasteiger partial charge in [-0.05, 0) is 24.6 Å². The fourth-order valence-electron chi connectivity index (χ4n) is 1.25. The maximum absolute atomic E-state index is 11.7. The van der Waals surface area contributed by atoms with Crippen LogP contribution in [0.3, 0.4) is 0 Å². The lowest BCUT2D eigenvalue weighted by molar-refractivity contribution is 0.483. The second kappa shape index (κ2) is 5.22. The van der Waals surface area contributed by atoms with Crippen molar-refractivity contribution in [3.8, 4) is 0 Å². The van der Waals surface area contributed by atoms with Crippen LogP contribution in [-0.2, 0) is 20.1 Å². The minimum absolute atomic E-state index is 0.152. The summed E-state index contributed by atoms with van der Waals surface area (Å²) in [5, 5.41) is 0. The standard InChI is InChI=1S/C9H14N2O5S2/c1-2-5-11-17(12,13)7-3-4-9(8(10)6-7)18(14,15)16/h3-4,6,11H,2,5,10H2,1H3,(H,14,15,16). The number of rotatable bonds is 5. The highest BCUT2D eigenvalue weighted by Gasteiger charge is 2.19. The zero-order valence-corrected chi connectivity index (χ0v) is 11.3. The van der Waals surface area contributed by atoms with Crippen molar-refractivity contribution in [1.82, 2.24) is 4.72 Å². The molecule has 0 bridgehead atoms. The Balaban J connectivity index is 3.20. The maximum Gasteiger partial charge on any atom is 0.296 e. The van der Waals surface area contributed by atoms with Crippen molar-refractivity contribution < 1.29 is 21.4 Å². The molecule has 0 saturated heterocycles. The van der Waals surface area contributed by atoms with Crippen LogP contribution in [0.15, 0.2) is 28.0 Å². The van der Waals surface area contributed by atoms with Crippen LogP contribution in [0.2, 0.25) is 0 Å². The predicted molar refractivity (Wildman–Crippen MR) is 66.1 cm³/mol. The van der Waals surface area contributed by atoms with Gasteiger partial charge >= 0.3 is 0 Å². The Kier molecular flexibility index (Phi) is 4.32. The highest BCUT2D eigenvalue weighted by Crippen LogP contribution is 2.21. The SMILES string of the molecule is CCCNS(=O)(=O)c1ccc(S(=O)(=O)O)c(N)c1. The minimum Gasteiger partial charge on any atom is -0.398 e. The van der Waals surface area contributed by atoms with Crippen molar-refractivity contribution in [3.63, 3.8) is 0 Å². The van der Waals surface area contributed by atoms with Gasteiger partial charge in [0.15, 0.2) is 0 Å². The van der Waals surface area contributed by atoms with Gasteiger partial charge in [-0.1, -0.05) is 6.92 Å². The molecular weight excluding hydrogens is 280 g/mol. The Morgan fingerprint density at radius 3 is 2.33 bits per heavy atom. The third kappa shape index (κ3) is 3.42. The van der Waals surface area contributed by atoms with Crippen LogP contribution in [0.4, 0.5) is 5.69 Å². The van der Waals surface area contributed by atoms with Crippen LogP contribution in [0.25, 0.3) is 0 Å². The second-order valence-electron chi connectivity index (χ2n) is 3.57. The van der Waals surface area contributed by atoms with Crippen molar-refractivity contribution in [1.29, 1.82) is 0 Å². The summed E-state index contributed by atoms with van der Waals surface area (Å²) in [6.45, 7) is 2.07. The number of hydrogen-bond acceptors (Lipinski definition) is 5. The van der Waals surface area contributed by atoms with Gasteiger partial charge in [-0.25, -0.2) is 13.1 Å². The van der Waals surface area contributed by atoms with Gasteiger partial charge in [-0.3, -0.25) is 4.55 Å². The Morgan fingerprint density at radius 2 is 1.89 bits per heavy atom. The van der Waals surface area contributed by atoms with Gasteiger partial charge in [0, 0.05) is 6.54 Å². The molecule has 0 heterocycles. The summed E-state index contributed by atoms with van der Waals surface area (Å²) in [4.78, 5) is -0.669. The number of nitrogens with one attached hydrogen (secondary N) is 1. The zero-order valence-electron chi connectivity index (χ0n) is 9.62. The average Bonchev–Trinajstić information content (AvgIpc) is 2.24. The highest BCUT2D eigenvalue weighted by atomic mass is 32.2. The molecule has 1 aromatic carbocycles.